The van der Waals surface area contributed by atoms with Gasteiger partial charge in [0, 0.05) is 32.0 Å². The first-order chi connectivity index (χ1) is 14.8. The van der Waals surface area contributed by atoms with Crippen LogP contribution in [0.5, 0.6) is 0 Å². The maximum atomic E-state index is 13.3. The largest absolute Gasteiger partial charge is 0.370 e. The average molecular weight is 425 g/mol. The first kappa shape index (κ1) is 23.6. The number of hydrogen-bond acceptors (Lipinski definition) is 4. The summed E-state index contributed by atoms with van der Waals surface area (Å²) in [5, 5.41) is 5.40. The molecule has 0 aliphatic rings. The number of rotatable bonds is 10. The molecule has 0 saturated heterocycles. The number of allylic oxidation sites excluding steroid dienone is 1. The van der Waals surface area contributed by atoms with Crippen LogP contribution in [0, 0.1) is 0 Å². The van der Waals surface area contributed by atoms with Crippen molar-refractivity contribution in [2.24, 2.45) is 5.73 Å². The summed E-state index contributed by atoms with van der Waals surface area (Å²) in [5.74, 6) is -1.21. The number of nitrogens with one attached hydrogen (secondary N) is 2. The number of benzene rings is 1. The molecule has 8 heteroatoms. The summed E-state index contributed by atoms with van der Waals surface area (Å²) in [7, 11) is 0. The van der Waals surface area contributed by atoms with E-state index in [-0.39, 0.29) is 30.3 Å². The quantitative estimate of drug-likeness (QED) is 0.504. The van der Waals surface area contributed by atoms with Crippen molar-refractivity contribution in [1.29, 1.82) is 0 Å². The fourth-order valence-corrected chi connectivity index (χ4v) is 3.22. The molecule has 8 nitrogen and oxygen atoms in total. The third-order valence-electron chi connectivity index (χ3n) is 4.65. The maximum Gasteiger partial charge on any atom is 0.275 e. The molecule has 0 unspecified atom stereocenters. The van der Waals surface area contributed by atoms with Crippen LogP contribution in [0.15, 0.2) is 65.6 Å². The highest BCUT2D eigenvalue weighted by atomic mass is 16.2. The number of anilines is 1. The zero-order valence-corrected chi connectivity index (χ0v) is 17.7. The first-order valence-corrected chi connectivity index (χ1v) is 10.1. The minimum Gasteiger partial charge on any atom is -0.370 e. The summed E-state index contributed by atoms with van der Waals surface area (Å²) in [5.41, 5.74) is 5.73. The van der Waals surface area contributed by atoms with Gasteiger partial charge in [-0.15, -0.1) is 0 Å². The number of hydrogen-bond donors (Lipinski definition) is 3. The van der Waals surface area contributed by atoms with Crippen molar-refractivity contribution in [2.45, 2.75) is 45.2 Å². The molecular formula is C23H28N4O4. The number of pyridine rings is 1. The van der Waals surface area contributed by atoms with Crippen LogP contribution in [0.25, 0.3) is 0 Å². The van der Waals surface area contributed by atoms with Crippen LogP contribution < -0.4 is 21.9 Å². The van der Waals surface area contributed by atoms with E-state index in [9.17, 15) is 19.2 Å². The summed E-state index contributed by atoms with van der Waals surface area (Å²) >= 11 is 0. The van der Waals surface area contributed by atoms with E-state index in [0.29, 0.717) is 6.42 Å². The molecule has 31 heavy (non-hydrogen) atoms. The SMILES string of the molecule is C/C=C/[C@H](CCC(N)=O)NC(=O)[C@H](Cc1ccccc1)n1cccc(NC(C)=O)c1=O. The van der Waals surface area contributed by atoms with E-state index < -0.39 is 23.6 Å². The molecule has 0 radical (unpaired) electrons. The number of primary amides is 1. The lowest BCUT2D eigenvalue weighted by Gasteiger charge is -2.23. The van der Waals surface area contributed by atoms with Gasteiger partial charge in [0.25, 0.3) is 5.56 Å². The molecule has 0 fully saturated rings. The van der Waals surface area contributed by atoms with Crippen LogP contribution in [0.3, 0.4) is 0 Å². The average Bonchev–Trinajstić information content (AvgIpc) is 2.72. The highest BCUT2D eigenvalue weighted by molar-refractivity contribution is 5.88. The van der Waals surface area contributed by atoms with Gasteiger partial charge >= 0.3 is 0 Å². The van der Waals surface area contributed by atoms with Gasteiger partial charge < -0.3 is 20.9 Å². The van der Waals surface area contributed by atoms with E-state index in [1.54, 1.807) is 18.2 Å². The normalized spacial score (nSPS) is 12.8. The smallest absolute Gasteiger partial charge is 0.275 e. The van der Waals surface area contributed by atoms with Gasteiger partial charge in [0.2, 0.25) is 17.7 Å². The lowest BCUT2D eigenvalue weighted by Crippen LogP contribution is -2.43. The van der Waals surface area contributed by atoms with Crippen molar-refractivity contribution in [2.75, 3.05) is 5.32 Å². The van der Waals surface area contributed by atoms with Crippen molar-refractivity contribution in [3.05, 3.63) is 76.7 Å². The molecule has 4 N–H and O–H groups in total. The Morgan fingerprint density at radius 2 is 1.84 bits per heavy atom. The van der Waals surface area contributed by atoms with Gasteiger partial charge in [-0.1, -0.05) is 42.5 Å². The Kier molecular flexibility index (Phi) is 8.75. The van der Waals surface area contributed by atoms with Crippen LogP contribution in [-0.2, 0) is 20.8 Å². The van der Waals surface area contributed by atoms with Gasteiger partial charge in [-0.2, -0.15) is 0 Å². The minimum atomic E-state index is -0.857. The molecule has 1 aromatic carbocycles. The van der Waals surface area contributed by atoms with Crippen molar-refractivity contribution in [3.8, 4) is 0 Å². The Labute approximate surface area is 181 Å². The number of aromatic nitrogens is 1. The summed E-state index contributed by atoms with van der Waals surface area (Å²) < 4.78 is 1.31. The van der Waals surface area contributed by atoms with E-state index in [1.165, 1.54) is 23.8 Å². The topological polar surface area (TPSA) is 123 Å². The fraction of sp³-hybridized carbons (Fsp3) is 0.304. The third-order valence-corrected chi connectivity index (χ3v) is 4.65. The zero-order valence-electron chi connectivity index (χ0n) is 17.7. The summed E-state index contributed by atoms with van der Waals surface area (Å²) in [6.45, 7) is 3.12. The summed E-state index contributed by atoms with van der Waals surface area (Å²) in [6.07, 6.45) is 5.82. The van der Waals surface area contributed by atoms with Crippen molar-refractivity contribution >= 4 is 23.4 Å². The van der Waals surface area contributed by atoms with Gasteiger partial charge in [0.15, 0.2) is 0 Å². The summed E-state index contributed by atoms with van der Waals surface area (Å²) in [4.78, 5) is 48.8. The highest BCUT2D eigenvalue weighted by Gasteiger charge is 2.25. The van der Waals surface area contributed by atoms with Gasteiger partial charge in [0.1, 0.15) is 11.7 Å². The Morgan fingerprint density at radius 1 is 1.13 bits per heavy atom. The van der Waals surface area contributed by atoms with Gasteiger partial charge in [-0.05, 0) is 31.0 Å². The molecule has 0 saturated carbocycles. The molecule has 0 spiro atoms. The summed E-state index contributed by atoms with van der Waals surface area (Å²) in [6, 6.07) is 11.2. The molecule has 2 aromatic rings. The highest BCUT2D eigenvalue weighted by Crippen LogP contribution is 2.16. The second-order valence-corrected chi connectivity index (χ2v) is 7.17. The number of nitrogens with two attached hydrogens (primary N) is 1. The third kappa shape index (κ3) is 7.26. The zero-order chi connectivity index (χ0) is 22.8. The molecular weight excluding hydrogens is 396 g/mol. The molecule has 0 aliphatic carbocycles. The van der Waals surface area contributed by atoms with Crippen LogP contribution in [0.2, 0.25) is 0 Å². The maximum absolute atomic E-state index is 13.3. The number of carbonyl (C=O) groups excluding carboxylic acids is 3. The molecule has 0 bridgehead atoms. The molecule has 2 atom stereocenters. The van der Waals surface area contributed by atoms with Crippen molar-refractivity contribution in [1.82, 2.24) is 9.88 Å². The lowest BCUT2D eigenvalue weighted by molar-refractivity contribution is -0.125. The molecule has 1 aromatic heterocycles. The van der Waals surface area contributed by atoms with E-state index in [4.69, 9.17) is 5.73 Å². The Hall–Kier alpha value is -3.68. The van der Waals surface area contributed by atoms with Crippen molar-refractivity contribution in [3.63, 3.8) is 0 Å². The van der Waals surface area contributed by atoms with Gasteiger partial charge in [-0.25, -0.2) is 0 Å². The van der Waals surface area contributed by atoms with E-state index in [1.807, 2.05) is 37.3 Å². The van der Waals surface area contributed by atoms with E-state index in [2.05, 4.69) is 10.6 Å². The van der Waals surface area contributed by atoms with Crippen LogP contribution in [0.4, 0.5) is 5.69 Å². The van der Waals surface area contributed by atoms with Gasteiger partial charge in [-0.3, -0.25) is 19.2 Å². The molecule has 1 heterocycles. The monoisotopic (exact) mass is 424 g/mol. The predicted octanol–water partition coefficient (Wildman–Crippen LogP) is 1.92. The predicted molar refractivity (Wildman–Crippen MR) is 119 cm³/mol. The molecule has 164 valence electrons. The van der Waals surface area contributed by atoms with E-state index >= 15 is 0 Å². The second kappa shape index (κ2) is 11.5. The van der Waals surface area contributed by atoms with Crippen LogP contribution in [-0.4, -0.2) is 28.3 Å². The molecule has 0 aliphatic heterocycles. The minimum absolute atomic E-state index is 0.0968. The molecule has 3 amide bonds. The van der Waals surface area contributed by atoms with E-state index in [0.717, 1.165) is 5.56 Å². The van der Waals surface area contributed by atoms with Crippen LogP contribution >= 0.6 is 0 Å². The second-order valence-electron chi connectivity index (χ2n) is 7.17. The van der Waals surface area contributed by atoms with Gasteiger partial charge in [0.05, 0.1) is 0 Å². The van der Waals surface area contributed by atoms with Crippen LogP contribution in [0.1, 0.15) is 38.3 Å². The fourth-order valence-electron chi connectivity index (χ4n) is 3.22. The van der Waals surface area contributed by atoms with Crippen molar-refractivity contribution < 1.29 is 14.4 Å². The number of carbonyl (C=O) groups is 3. The number of amides is 3. The Balaban J connectivity index is 2.39. The standard InChI is InChI=1S/C23H28N4O4/c1-3-8-18(12-13-21(24)29)26-22(30)20(15-17-9-5-4-6-10-17)27-14-7-11-19(23(27)31)25-16(2)28/h3-11,14,18,20H,12-13,15H2,1-2H3,(H2,24,29)(H,25,28)(H,26,30)/b8-3+/t18-,20+/m1/s1. The first-order valence-electron chi connectivity index (χ1n) is 10.1. The Bertz CT molecular complexity index is 998. The molecule has 2 rings (SSSR count). The lowest BCUT2D eigenvalue weighted by atomic mass is 10.0. The Morgan fingerprint density at radius 3 is 2.45 bits per heavy atom. The number of nitrogens with zero attached hydrogens (tertiary/aromatic N) is 1.